The van der Waals surface area contributed by atoms with Gasteiger partial charge in [0.15, 0.2) is 11.5 Å². The monoisotopic (exact) mass is 548 g/mol. The van der Waals surface area contributed by atoms with Crippen LogP contribution < -0.4 is 14.8 Å². The van der Waals surface area contributed by atoms with E-state index in [1.165, 1.54) is 0 Å². The van der Waals surface area contributed by atoms with Gasteiger partial charge < -0.3 is 19.6 Å². The summed E-state index contributed by atoms with van der Waals surface area (Å²) in [4.78, 5) is 9.95. The molecule has 0 spiro atoms. The van der Waals surface area contributed by atoms with Crippen molar-refractivity contribution in [2.45, 2.75) is 33.5 Å². The largest absolute Gasteiger partial charge is 0.493 e. The molecule has 0 amide bonds. The number of aromatic nitrogens is 1. The quantitative estimate of drug-likeness (QED) is 0.169. The number of anilines is 2. The van der Waals surface area contributed by atoms with Crippen molar-refractivity contribution in [3.63, 3.8) is 0 Å². The third-order valence-electron chi connectivity index (χ3n) is 5.63. The average molecular weight is 549 g/mol. The Morgan fingerprint density at radius 2 is 1.82 bits per heavy atom. The van der Waals surface area contributed by atoms with Crippen LogP contribution in [0.5, 0.6) is 11.5 Å². The molecule has 7 nitrogen and oxygen atoms in total. The summed E-state index contributed by atoms with van der Waals surface area (Å²) in [6.07, 6.45) is 1.52. The predicted molar refractivity (Wildman–Crippen MR) is 152 cm³/mol. The van der Waals surface area contributed by atoms with Gasteiger partial charge in [-0.05, 0) is 62.2 Å². The minimum absolute atomic E-state index is 0.0239. The lowest BCUT2D eigenvalue weighted by atomic mass is 10.1. The Bertz CT molecular complexity index is 1530. The normalized spacial score (nSPS) is 11.4. The van der Waals surface area contributed by atoms with Crippen LogP contribution in [0.3, 0.4) is 0 Å². The van der Waals surface area contributed by atoms with Crippen LogP contribution >= 0.6 is 23.2 Å². The van der Waals surface area contributed by atoms with Crippen molar-refractivity contribution in [2.75, 3.05) is 12.4 Å². The Morgan fingerprint density at radius 3 is 2.47 bits per heavy atom. The smallest absolute Gasteiger partial charge is 0.163 e. The lowest BCUT2D eigenvalue weighted by Gasteiger charge is -2.17. The predicted octanol–water partition coefficient (Wildman–Crippen LogP) is 7.89. The Hall–Kier alpha value is -3.99. The highest BCUT2D eigenvalue weighted by molar-refractivity contribution is 6.42. The van der Waals surface area contributed by atoms with Crippen LogP contribution in [0, 0.1) is 11.3 Å². The van der Waals surface area contributed by atoms with Crippen LogP contribution in [0.1, 0.15) is 37.5 Å². The lowest BCUT2D eigenvalue weighted by Crippen LogP contribution is -2.07. The summed E-state index contributed by atoms with van der Waals surface area (Å²) < 4.78 is 11.4. The van der Waals surface area contributed by atoms with E-state index in [0.717, 1.165) is 22.2 Å². The van der Waals surface area contributed by atoms with Crippen molar-refractivity contribution in [1.82, 2.24) is 4.98 Å². The van der Waals surface area contributed by atoms with Crippen LogP contribution in [0.2, 0.25) is 10.0 Å². The second-order valence-corrected chi connectivity index (χ2v) is 9.56. The molecule has 1 N–H and O–H groups in total. The molecule has 4 rings (SSSR count). The summed E-state index contributed by atoms with van der Waals surface area (Å²) in [5.41, 5.74) is 5.00. The molecule has 194 valence electrons. The van der Waals surface area contributed by atoms with E-state index in [2.05, 4.69) is 21.5 Å². The Morgan fingerprint density at radius 1 is 1.05 bits per heavy atom. The van der Waals surface area contributed by atoms with Crippen LogP contribution in [-0.4, -0.2) is 23.9 Å². The summed E-state index contributed by atoms with van der Waals surface area (Å²) >= 11 is 12.0. The number of oxime groups is 1. The number of benzene rings is 3. The fourth-order valence-corrected chi connectivity index (χ4v) is 4.07. The molecule has 0 saturated carbocycles. The number of hydrogen-bond donors (Lipinski definition) is 1. The standard InChI is InChI=1S/C29H26Cl2N4O3/c1-17(2)38-28-13-26-23(12-27(28)36-4)29(21(14-32)15-33-26)34-22-8-6-20(7-9-22)18(3)35-37-16-19-5-10-24(30)25(31)11-19/h5-13,15,17H,16H2,1-4H3,(H,33,34)/b35-18-. The molecular weight excluding hydrogens is 523 g/mol. The average Bonchev–Trinajstić information content (AvgIpc) is 2.90. The summed E-state index contributed by atoms with van der Waals surface area (Å²) in [5, 5.41) is 19.0. The molecule has 0 bridgehead atoms. The molecule has 0 atom stereocenters. The third kappa shape index (κ3) is 6.28. The molecule has 0 unspecified atom stereocenters. The van der Waals surface area contributed by atoms with Gasteiger partial charge in [-0.2, -0.15) is 5.26 Å². The maximum atomic E-state index is 9.74. The number of fused-ring (bicyclic) bond motifs is 1. The van der Waals surface area contributed by atoms with E-state index < -0.39 is 0 Å². The van der Waals surface area contributed by atoms with E-state index >= 15 is 0 Å². The van der Waals surface area contributed by atoms with E-state index in [1.807, 2.05) is 63.2 Å². The van der Waals surface area contributed by atoms with E-state index in [-0.39, 0.29) is 12.7 Å². The number of pyridine rings is 1. The maximum Gasteiger partial charge on any atom is 0.163 e. The molecule has 1 heterocycles. The molecule has 0 saturated heterocycles. The van der Waals surface area contributed by atoms with E-state index in [0.29, 0.717) is 44.0 Å². The van der Waals surface area contributed by atoms with Crippen LogP contribution in [0.4, 0.5) is 11.4 Å². The topological polar surface area (TPSA) is 88.8 Å². The number of methoxy groups -OCH3 is 1. The lowest BCUT2D eigenvalue weighted by molar-refractivity contribution is 0.130. The van der Waals surface area contributed by atoms with E-state index in [9.17, 15) is 5.26 Å². The fourth-order valence-electron chi connectivity index (χ4n) is 3.75. The number of hydrogen-bond acceptors (Lipinski definition) is 7. The zero-order chi connectivity index (χ0) is 27.2. The molecule has 0 aliphatic rings. The molecule has 9 heteroatoms. The highest BCUT2D eigenvalue weighted by Gasteiger charge is 2.15. The minimum Gasteiger partial charge on any atom is -0.493 e. The Balaban J connectivity index is 1.54. The van der Waals surface area contributed by atoms with Crippen molar-refractivity contribution in [3.05, 3.63) is 87.5 Å². The van der Waals surface area contributed by atoms with Gasteiger partial charge in [-0.15, -0.1) is 0 Å². The first-order valence-corrected chi connectivity index (χ1v) is 12.6. The number of ether oxygens (including phenoxy) is 2. The van der Waals surface area contributed by atoms with Gasteiger partial charge in [0.25, 0.3) is 0 Å². The van der Waals surface area contributed by atoms with Gasteiger partial charge in [0, 0.05) is 23.3 Å². The molecule has 0 aliphatic carbocycles. The van der Waals surface area contributed by atoms with Crippen molar-refractivity contribution in [2.24, 2.45) is 5.16 Å². The van der Waals surface area contributed by atoms with Gasteiger partial charge in [-0.3, -0.25) is 4.98 Å². The second kappa shape index (κ2) is 12.0. The van der Waals surface area contributed by atoms with Crippen molar-refractivity contribution in [1.29, 1.82) is 5.26 Å². The molecule has 0 fully saturated rings. The van der Waals surface area contributed by atoms with Crippen LogP contribution in [0.25, 0.3) is 10.9 Å². The van der Waals surface area contributed by atoms with E-state index in [1.54, 1.807) is 25.4 Å². The first-order chi connectivity index (χ1) is 18.3. The van der Waals surface area contributed by atoms with Gasteiger partial charge >= 0.3 is 0 Å². The molecule has 4 aromatic rings. The van der Waals surface area contributed by atoms with Crippen molar-refractivity contribution >= 4 is 51.2 Å². The number of nitrogens with zero attached hydrogens (tertiary/aromatic N) is 3. The zero-order valence-corrected chi connectivity index (χ0v) is 22.9. The minimum atomic E-state index is -0.0239. The van der Waals surface area contributed by atoms with Gasteiger partial charge in [-0.25, -0.2) is 0 Å². The van der Waals surface area contributed by atoms with Crippen molar-refractivity contribution in [3.8, 4) is 17.6 Å². The molecule has 3 aromatic carbocycles. The van der Waals surface area contributed by atoms with Gasteiger partial charge in [0.2, 0.25) is 0 Å². The van der Waals surface area contributed by atoms with E-state index in [4.69, 9.17) is 37.5 Å². The number of nitriles is 1. The molecule has 0 radical (unpaired) electrons. The number of rotatable bonds is 9. The first kappa shape index (κ1) is 27.1. The fraction of sp³-hybridized carbons (Fsp3) is 0.207. The number of halogens is 2. The second-order valence-electron chi connectivity index (χ2n) is 8.75. The summed E-state index contributed by atoms with van der Waals surface area (Å²) in [7, 11) is 1.58. The maximum absolute atomic E-state index is 9.74. The Kier molecular flexibility index (Phi) is 8.57. The summed E-state index contributed by atoms with van der Waals surface area (Å²) in [6, 6.07) is 18.9. The Labute approximate surface area is 231 Å². The van der Waals surface area contributed by atoms with Gasteiger partial charge in [0.1, 0.15) is 12.7 Å². The molecule has 38 heavy (non-hydrogen) atoms. The molecule has 0 aliphatic heterocycles. The molecule has 1 aromatic heterocycles. The SMILES string of the molecule is COc1cc2c(Nc3ccc(/C(C)=N\OCc4ccc(Cl)c(Cl)c4)cc3)c(C#N)cnc2cc1OC(C)C. The highest BCUT2D eigenvalue weighted by atomic mass is 35.5. The summed E-state index contributed by atoms with van der Waals surface area (Å²) in [6.45, 7) is 6.03. The zero-order valence-electron chi connectivity index (χ0n) is 21.4. The highest BCUT2D eigenvalue weighted by Crippen LogP contribution is 2.37. The number of nitrogens with one attached hydrogen (secondary N) is 1. The van der Waals surface area contributed by atoms with Crippen LogP contribution in [-0.2, 0) is 11.4 Å². The van der Waals surface area contributed by atoms with Gasteiger partial charge in [-0.1, -0.05) is 46.6 Å². The van der Waals surface area contributed by atoms with Gasteiger partial charge in [0.05, 0.1) is 45.7 Å². The van der Waals surface area contributed by atoms with Crippen LogP contribution in [0.15, 0.2) is 65.9 Å². The van der Waals surface area contributed by atoms with Crippen molar-refractivity contribution < 1.29 is 14.3 Å². The molecular formula is C29H26Cl2N4O3. The third-order valence-corrected chi connectivity index (χ3v) is 6.36. The summed E-state index contributed by atoms with van der Waals surface area (Å²) in [5.74, 6) is 1.16. The first-order valence-electron chi connectivity index (χ1n) is 11.8.